The molecule has 1 unspecified atom stereocenters. The summed E-state index contributed by atoms with van der Waals surface area (Å²) in [6.07, 6.45) is -0.746. The summed E-state index contributed by atoms with van der Waals surface area (Å²) in [5.41, 5.74) is 1.27. The van der Waals surface area contributed by atoms with E-state index in [0.29, 0.717) is 11.4 Å². The molecule has 1 N–H and O–H groups in total. The van der Waals surface area contributed by atoms with Crippen molar-refractivity contribution in [1.29, 1.82) is 0 Å². The molecule has 0 spiro atoms. The molecule has 5 nitrogen and oxygen atoms in total. The van der Waals surface area contributed by atoms with Crippen LogP contribution in [-0.4, -0.2) is 24.5 Å². The lowest BCUT2D eigenvalue weighted by Crippen LogP contribution is -2.34. The molecule has 14 heavy (non-hydrogen) atoms. The van der Waals surface area contributed by atoms with Crippen LogP contribution in [0.1, 0.15) is 17.5 Å². The van der Waals surface area contributed by atoms with Gasteiger partial charge in [-0.1, -0.05) is 0 Å². The average molecular weight is 196 g/mol. The fourth-order valence-electron chi connectivity index (χ4n) is 1.24. The quantitative estimate of drug-likeness (QED) is 0.682. The Hall–Kier alpha value is -1.62. The van der Waals surface area contributed by atoms with Gasteiger partial charge in [0.05, 0.1) is 0 Å². The Morgan fingerprint density at radius 2 is 2.43 bits per heavy atom. The number of nitrogens with one attached hydrogen (secondary N) is 1. The third kappa shape index (κ3) is 1.42. The van der Waals surface area contributed by atoms with Crippen molar-refractivity contribution in [2.24, 2.45) is 0 Å². The van der Waals surface area contributed by atoms with Gasteiger partial charge in [-0.25, -0.2) is 9.78 Å². The smallest absolute Gasteiger partial charge is 0.345 e. The lowest BCUT2D eigenvalue weighted by atomic mass is 10.2. The van der Waals surface area contributed by atoms with Gasteiger partial charge < -0.3 is 14.8 Å². The maximum absolute atomic E-state index is 11.4. The minimum atomic E-state index is -0.746. The Labute approximate surface area is 82.5 Å². The van der Waals surface area contributed by atoms with Crippen LogP contribution in [0, 0.1) is 6.92 Å². The molecule has 0 amide bonds. The molecule has 1 atom stereocenters. The Morgan fingerprint density at radius 1 is 1.64 bits per heavy atom. The molecule has 0 aliphatic carbocycles. The number of hydrogen-bond donors (Lipinski definition) is 1. The average Bonchev–Trinajstić information content (AvgIpc) is 2.16. The van der Waals surface area contributed by atoms with Gasteiger partial charge >= 0.3 is 5.97 Å². The van der Waals surface area contributed by atoms with Gasteiger partial charge in [-0.2, -0.15) is 0 Å². The van der Waals surface area contributed by atoms with E-state index in [1.807, 2.05) is 6.92 Å². The van der Waals surface area contributed by atoms with E-state index in [4.69, 9.17) is 9.47 Å². The molecular weight excluding hydrogens is 184 g/mol. The molecule has 0 aromatic carbocycles. The van der Waals surface area contributed by atoms with Gasteiger partial charge in [0.2, 0.25) is 0 Å². The number of anilines is 1. The molecule has 0 saturated carbocycles. The van der Waals surface area contributed by atoms with Crippen LogP contribution in [0.15, 0.2) is 12.1 Å². The van der Waals surface area contributed by atoms with Gasteiger partial charge in [0.1, 0.15) is 11.4 Å². The third-order valence-corrected chi connectivity index (χ3v) is 1.94. The summed E-state index contributed by atoms with van der Waals surface area (Å²) in [7, 11) is 1.45. The Bertz CT molecular complexity index is 384. The number of ether oxygens (including phenoxy) is 2. The third-order valence-electron chi connectivity index (χ3n) is 1.94. The number of hydrogen-bond acceptors (Lipinski definition) is 5. The molecule has 0 fully saturated rings. The predicted octanol–water partition coefficient (Wildman–Crippen LogP) is 1.15. The van der Waals surface area contributed by atoms with Gasteiger partial charge in [0, 0.05) is 14.2 Å². The molecule has 1 aliphatic rings. The molecule has 5 heteroatoms. The highest BCUT2D eigenvalue weighted by Gasteiger charge is 2.26. The van der Waals surface area contributed by atoms with E-state index in [2.05, 4.69) is 10.3 Å². The fourth-order valence-corrected chi connectivity index (χ4v) is 1.24. The molecule has 0 saturated heterocycles. The van der Waals surface area contributed by atoms with E-state index in [-0.39, 0.29) is 1.43 Å². The van der Waals surface area contributed by atoms with Gasteiger partial charge in [-0.15, -0.1) is 0 Å². The monoisotopic (exact) mass is 196 g/mol. The Morgan fingerprint density at radius 3 is 3.14 bits per heavy atom. The minimum absolute atomic E-state index is 0. The predicted molar refractivity (Wildman–Crippen MR) is 50.9 cm³/mol. The number of rotatable bonds is 1. The lowest BCUT2D eigenvalue weighted by molar-refractivity contribution is -0.0750. The van der Waals surface area contributed by atoms with Crippen LogP contribution in [0.5, 0.6) is 0 Å². The second-order valence-corrected chi connectivity index (χ2v) is 2.97. The topological polar surface area (TPSA) is 60.5 Å². The summed E-state index contributed by atoms with van der Waals surface area (Å²) in [5.74, 6) is 0.0891. The maximum Gasteiger partial charge on any atom is 0.345 e. The first-order valence-corrected chi connectivity index (χ1v) is 4.18. The highest BCUT2D eigenvalue weighted by Crippen LogP contribution is 2.21. The number of aryl methyl sites for hydroxylation is 1. The first kappa shape index (κ1) is 8.96. The molecule has 2 heterocycles. The number of esters is 1. The van der Waals surface area contributed by atoms with E-state index < -0.39 is 12.4 Å². The van der Waals surface area contributed by atoms with E-state index in [0.717, 1.165) is 5.69 Å². The molecule has 1 aromatic heterocycles. The van der Waals surface area contributed by atoms with E-state index in [1.165, 1.54) is 7.11 Å². The summed E-state index contributed by atoms with van der Waals surface area (Å²) in [4.78, 5) is 15.6. The molecule has 0 bridgehead atoms. The number of methoxy groups -OCH3 is 1. The molecule has 1 aromatic rings. The Balaban J connectivity index is 0.00000112. The number of nitrogens with zero attached hydrogens (tertiary/aromatic N) is 1. The van der Waals surface area contributed by atoms with Gasteiger partial charge in [-0.05, 0) is 19.1 Å². The molecular formula is C9H12N2O3. The molecule has 0 radical (unpaired) electrons. The van der Waals surface area contributed by atoms with Crippen molar-refractivity contribution in [2.75, 3.05) is 12.4 Å². The van der Waals surface area contributed by atoms with Gasteiger partial charge in [0.15, 0.2) is 0 Å². The van der Waals surface area contributed by atoms with Crippen molar-refractivity contribution >= 4 is 11.8 Å². The maximum atomic E-state index is 11.4. The second-order valence-electron chi connectivity index (χ2n) is 2.97. The van der Waals surface area contributed by atoms with E-state index in [1.54, 1.807) is 12.1 Å². The van der Waals surface area contributed by atoms with E-state index in [9.17, 15) is 4.79 Å². The van der Waals surface area contributed by atoms with Crippen molar-refractivity contribution in [3.8, 4) is 0 Å². The van der Waals surface area contributed by atoms with Crippen LogP contribution in [0.4, 0.5) is 5.82 Å². The lowest BCUT2D eigenvalue weighted by Gasteiger charge is -2.24. The first-order chi connectivity index (χ1) is 6.70. The SMILES string of the molecule is COC1Nc2nc(C)ccc2C(=O)O1.[HH]. The summed E-state index contributed by atoms with van der Waals surface area (Å²) < 4.78 is 9.75. The fraction of sp³-hybridized carbons (Fsp3) is 0.333. The highest BCUT2D eigenvalue weighted by molar-refractivity contribution is 5.96. The summed E-state index contributed by atoms with van der Waals surface area (Å²) in [6.45, 7) is 1.85. The highest BCUT2D eigenvalue weighted by atomic mass is 16.7. The number of aromatic nitrogens is 1. The van der Waals surface area contributed by atoms with Crippen LogP contribution in [0.2, 0.25) is 0 Å². The summed E-state index contributed by atoms with van der Waals surface area (Å²) >= 11 is 0. The zero-order chi connectivity index (χ0) is 10.1. The number of pyridine rings is 1. The van der Waals surface area contributed by atoms with Crippen molar-refractivity contribution in [3.05, 3.63) is 23.4 Å². The van der Waals surface area contributed by atoms with Crippen molar-refractivity contribution in [3.63, 3.8) is 0 Å². The van der Waals surface area contributed by atoms with Gasteiger partial charge in [0.25, 0.3) is 6.41 Å². The van der Waals surface area contributed by atoms with Crippen LogP contribution in [-0.2, 0) is 9.47 Å². The summed E-state index contributed by atoms with van der Waals surface area (Å²) in [6, 6.07) is 3.44. The van der Waals surface area contributed by atoms with Crippen LogP contribution in [0.3, 0.4) is 0 Å². The van der Waals surface area contributed by atoms with Crippen LogP contribution in [0.25, 0.3) is 0 Å². The number of carbonyl (C=O) groups excluding carboxylic acids is 1. The largest absolute Gasteiger partial charge is 0.413 e. The Kier molecular flexibility index (Phi) is 2.09. The summed E-state index contributed by atoms with van der Waals surface area (Å²) in [5, 5.41) is 2.84. The molecule has 2 rings (SSSR count). The van der Waals surface area contributed by atoms with E-state index >= 15 is 0 Å². The number of fused-ring (bicyclic) bond motifs is 1. The van der Waals surface area contributed by atoms with Crippen LogP contribution >= 0.6 is 0 Å². The van der Waals surface area contributed by atoms with Crippen molar-refractivity contribution in [1.82, 2.24) is 4.98 Å². The zero-order valence-electron chi connectivity index (χ0n) is 7.90. The van der Waals surface area contributed by atoms with Gasteiger partial charge in [-0.3, -0.25) is 0 Å². The standard InChI is InChI=1S/C9H10N2O3.H2/c1-5-3-4-6-7(10-5)11-9(13-2)14-8(6)12;/h3-4,9H,1-2H3,(H,10,11);1H. The minimum Gasteiger partial charge on any atom is -0.413 e. The number of cyclic esters (lactones) is 1. The van der Waals surface area contributed by atoms with Crippen LogP contribution < -0.4 is 5.32 Å². The first-order valence-electron chi connectivity index (χ1n) is 4.18. The normalized spacial score (nSPS) is 19.6. The van der Waals surface area contributed by atoms with Crippen molar-refractivity contribution < 1.29 is 15.7 Å². The number of carbonyl (C=O) groups is 1. The molecule has 1 aliphatic heterocycles. The zero-order valence-corrected chi connectivity index (χ0v) is 7.90. The molecule has 76 valence electrons. The van der Waals surface area contributed by atoms with Crippen molar-refractivity contribution in [2.45, 2.75) is 13.3 Å². The second kappa shape index (κ2) is 3.26.